The van der Waals surface area contributed by atoms with E-state index in [0.29, 0.717) is 0 Å². The van der Waals surface area contributed by atoms with Crippen LogP contribution in [0.25, 0.3) is 0 Å². The number of aromatic carboxylic acids is 2. The van der Waals surface area contributed by atoms with Crippen LogP contribution in [0.2, 0.25) is 0 Å². The fourth-order valence-corrected chi connectivity index (χ4v) is 0.785. The Balaban J connectivity index is 0. The van der Waals surface area contributed by atoms with E-state index >= 15 is 0 Å². The molecule has 6 heteroatoms. The van der Waals surface area contributed by atoms with Crippen molar-refractivity contribution in [1.82, 2.24) is 0 Å². The van der Waals surface area contributed by atoms with Gasteiger partial charge < -0.3 is 10.2 Å². The monoisotopic (exact) mass is 485 g/mol. The van der Waals surface area contributed by atoms with Gasteiger partial charge in [0.25, 0.3) is 0 Å². The van der Waals surface area contributed by atoms with Crippen LogP contribution in [0.3, 0.4) is 0 Å². The molecule has 0 aliphatic heterocycles. The van der Waals surface area contributed by atoms with Gasteiger partial charge in [0.05, 0.1) is 11.1 Å². The maximum absolute atomic E-state index is 10.4. The minimum Gasteiger partial charge on any atom is -0.478 e. The molecule has 0 aliphatic rings. The van der Waals surface area contributed by atoms with E-state index in [2.05, 4.69) is 0 Å². The summed E-state index contributed by atoms with van der Waals surface area (Å²) in [5.74, 6) is -2.25. The maximum atomic E-state index is 10.4. The van der Waals surface area contributed by atoms with Crippen LogP contribution in [0.4, 0.5) is 0 Å². The van der Waals surface area contributed by atoms with Crippen molar-refractivity contribution in [3.05, 3.63) is 35.4 Å². The van der Waals surface area contributed by atoms with Gasteiger partial charge in [-0.2, -0.15) is 0 Å². The van der Waals surface area contributed by atoms with E-state index < -0.39 is 11.9 Å². The first-order valence-electron chi connectivity index (χ1n) is 3.18. The van der Waals surface area contributed by atoms with Gasteiger partial charge in [0.1, 0.15) is 0 Å². The van der Waals surface area contributed by atoms with Crippen molar-refractivity contribution in [3.63, 3.8) is 0 Å². The summed E-state index contributed by atoms with van der Waals surface area (Å²) < 4.78 is 0. The number of rotatable bonds is 2. The van der Waals surface area contributed by atoms with E-state index in [1.807, 2.05) is 0 Å². The van der Waals surface area contributed by atoms with Crippen LogP contribution in [-0.4, -0.2) is 22.2 Å². The van der Waals surface area contributed by atoms with Gasteiger partial charge in [-0.1, -0.05) is 6.07 Å². The Morgan fingerprint density at radius 1 is 1.00 bits per heavy atom. The second kappa shape index (κ2) is 8.18. The van der Waals surface area contributed by atoms with Crippen LogP contribution in [0.5, 0.6) is 0 Å². The summed E-state index contributed by atoms with van der Waals surface area (Å²) in [4.78, 5) is 20.8. The molecule has 0 heterocycles. The molecule has 1 rings (SSSR count). The number of hydrogen-bond donors (Lipinski definition) is 2. The average Bonchev–Trinajstić information content (AvgIpc) is 2.04. The van der Waals surface area contributed by atoms with Gasteiger partial charge in [0.2, 0.25) is 0 Å². The molecular formula is C8H6ErEuO4. The van der Waals surface area contributed by atoms with E-state index in [9.17, 15) is 9.59 Å². The SMILES string of the molecule is O=C(O)c1cccc(C(=O)O)c1.[Er].[Eu]. The fourth-order valence-electron chi connectivity index (χ4n) is 0.785. The van der Waals surface area contributed by atoms with Crippen molar-refractivity contribution < 1.29 is 106 Å². The molecule has 0 saturated heterocycles. The summed E-state index contributed by atoms with van der Waals surface area (Å²) in [7, 11) is 0. The van der Waals surface area contributed by atoms with Crippen molar-refractivity contribution in [1.29, 1.82) is 0 Å². The predicted molar refractivity (Wildman–Crippen MR) is 40.4 cm³/mol. The van der Waals surface area contributed by atoms with E-state index in [1.54, 1.807) is 0 Å². The zero-order valence-electron chi connectivity index (χ0n) is 6.69. The van der Waals surface area contributed by atoms with Crippen LogP contribution >= 0.6 is 0 Å². The Morgan fingerprint density at radius 2 is 1.36 bits per heavy atom. The minimum atomic E-state index is -1.13. The molecule has 0 fully saturated rings. The molecule has 1 aromatic carbocycles. The number of hydrogen-bond acceptors (Lipinski definition) is 2. The van der Waals surface area contributed by atoms with Gasteiger partial charge in [-0.15, -0.1) is 0 Å². The average molecular weight is 485 g/mol. The van der Waals surface area contributed by atoms with Crippen molar-refractivity contribution in [2.75, 3.05) is 0 Å². The third-order valence-corrected chi connectivity index (χ3v) is 1.36. The summed E-state index contributed by atoms with van der Waals surface area (Å²) in [5, 5.41) is 17.0. The molecule has 0 spiro atoms. The Morgan fingerprint density at radius 3 is 1.64 bits per heavy atom. The molecule has 0 atom stereocenters. The molecule has 0 saturated carbocycles. The summed E-state index contributed by atoms with van der Waals surface area (Å²) >= 11 is 0. The molecule has 0 bridgehead atoms. The second-order valence-corrected chi connectivity index (χ2v) is 2.19. The zero-order chi connectivity index (χ0) is 9.14. The van der Waals surface area contributed by atoms with Crippen LogP contribution in [0.1, 0.15) is 20.7 Å². The van der Waals surface area contributed by atoms with Crippen molar-refractivity contribution in [2.45, 2.75) is 0 Å². The summed E-state index contributed by atoms with van der Waals surface area (Å²) in [6.45, 7) is 0. The standard InChI is InChI=1S/C8H6O4.Er.Eu/c9-7(10)5-2-1-3-6(4-5)8(11)12;;/h1-4H,(H,9,10)(H,11,12);;. The fraction of sp³-hybridized carbons (Fsp3) is 0. The third kappa shape index (κ3) is 5.18. The molecule has 0 aliphatic carbocycles. The zero-order valence-corrected chi connectivity index (χ0v) is 11.0. The summed E-state index contributed by atoms with van der Waals surface area (Å²) in [5.41, 5.74) is -0.0372. The molecule has 81 valence electrons. The molecule has 1 aromatic rings. The first-order chi connectivity index (χ1) is 5.61. The molecule has 2 N–H and O–H groups in total. The topological polar surface area (TPSA) is 74.6 Å². The van der Waals surface area contributed by atoms with E-state index in [0.717, 1.165) is 6.07 Å². The molecule has 0 amide bonds. The summed E-state index contributed by atoms with van der Waals surface area (Å²) in [6, 6.07) is 5.20. The number of carboxylic acid groups (broad SMARTS) is 2. The minimum absolute atomic E-state index is 0. The van der Waals surface area contributed by atoms with Gasteiger partial charge in [0, 0.05) is 86.7 Å². The Bertz CT molecular complexity index is 311. The third-order valence-electron chi connectivity index (χ3n) is 1.36. The van der Waals surface area contributed by atoms with Crippen molar-refractivity contribution in [3.8, 4) is 0 Å². The first kappa shape index (κ1) is 17.4. The van der Waals surface area contributed by atoms with Gasteiger partial charge in [-0.25, -0.2) is 9.59 Å². The largest absolute Gasteiger partial charge is 0.478 e. The van der Waals surface area contributed by atoms with E-state index in [4.69, 9.17) is 10.2 Å². The molecule has 0 aromatic heterocycles. The maximum Gasteiger partial charge on any atom is 0.335 e. The number of benzene rings is 1. The van der Waals surface area contributed by atoms with Crippen LogP contribution in [-0.2, 0) is 0 Å². The van der Waals surface area contributed by atoms with Crippen LogP contribution < -0.4 is 0 Å². The molecule has 1 radical (unpaired) electrons. The van der Waals surface area contributed by atoms with Gasteiger partial charge in [-0.3, -0.25) is 0 Å². The van der Waals surface area contributed by atoms with Crippen LogP contribution in [0, 0.1) is 86.7 Å². The van der Waals surface area contributed by atoms with E-state index in [-0.39, 0.29) is 97.8 Å². The molecule has 0 unspecified atom stereocenters. The van der Waals surface area contributed by atoms with Crippen molar-refractivity contribution in [2.24, 2.45) is 0 Å². The predicted octanol–water partition coefficient (Wildman–Crippen LogP) is 1.08. The van der Waals surface area contributed by atoms with Gasteiger partial charge in [0.15, 0.2) is 0 Å². The number of carboxylic acids is 2. The normalized spacial score (nSPS) is 8.00. The Hall–Kier alpha value is 0.991. The van der Waals surface area contributed by atoms with Crippen LogP contribution in [0.15, 0.2) is 24.3 Å². The van der Waals surface area contributed by atoms with Crippen molar-refractivity contribution >= 4 is 11.9 Å². The van der Waals surface area contributed by atoms with E-state index in [1.165, 1.54) is 18.2 Å². The molecular weight excluding hydrogens is 479 g/mol. The number of carbonyl (C=O) groups is 2. The smallest absolute Gasteiger partial charge is 0.335 e. The van der Waals surface area contributed by atoms with Gasteiger partial charge >= 0.3 is 11.9 Å². The first-order valence-corrected chi connectivity index (χ1v) is 3.18. The Kier molecular flexibility index (Phi) is 10.2. The van der Waals surface area contributed by atoms with Gasteiger partial charge in [-0.05, 0) is 18.2 Å². The molecule has 4 nitrogen and oxygen atoms in total. The summed E-state index contributed by atoms with van der Waals surface area (Å²) in [6.07, 6.45) is 0. The molecule has 14 heavy (non-hydrogen) atoms. The quantitative estimate of drug-likeness (QED) is 0.658. The Labute approximate surface area is 151 Å². The second-order valence-electron chi connectivity index (χ2n) is 2.19.